The summed E-state index contributed by atoms with van der Waals surface area (Å²) in [6.07, 6.45) is 1.85. The van der Waals surface area contributed by atoms with Crippen LogP contribution in [0.25, 0.3) is 11.6 Å². The van der Waals surface area contributed by atoms with Crippen LogP contribution in [0.15, 0.2) is 18.2 Å². The van der Waals surface area contributed by atoms with E-state index in [0.29, 0.717) is 34.6 Å². The molecule has 2 aromatic rings. The Morgan fingerprint density at radius 2 is 1.69 bits per heavy atom. The molecule has 42 heavy (non-hydrogen) atoms. The van der Waals surface area contributed by atoms with Gasteiger partial charge in [-0.2, -0.15) is 0 Å². The van der Waals surface area contributed by atoms with E-state index in [-0.39, 0.29) is 11.8 Å². The molecule has 1 aromatic carbocycles. The summed E-state index contributed by atoms with van der Waals surface area (Å²) in [5, 5.41) is 39.5. The van der Waals surface area contributed by atoms with Crippen LogP contribution in [-0.2, 0) is 19.2 Å². The number of rotatable bonds is 10. The minimum Gasteiger partial charge on any atom is -0.481 e. The number of aliphatic carboxylic acids is 3. The predicted octanol–water partition coefficient (Wildman–Crippen LogP) is 1.84. The number of benzene rings is 1. The average molecular weight is 589 g/mol. The molecule has 3 heterocycles. The van der Waals surface area contributed by atoms with Gasteiger partial charge in [0, 0.05) is 35.7 Å². The van der Waals surface area contributed by atoms with Crippen LogP contribution in [-0.4, -0.2) is 91.8 Å². The molecule has 0 unspecified atom stereocenters. The summed E-state index contributed by atoms with van der Waals surface area (Å²) in [5.41, 5.74) is 1.53. The van der Waals surface area contributed by atoms with Gasteiger partial charge in [-0.1, -0.05) is 0 Å². The fourth-order valence-electron chi connectivity index (χ4n) is 4.84. The van der Waals surface area contributed by atoms with Gasteiger partial charge in [-0.15, -0.1) is 0 Å². The van der Waals surface area contributed by atoms with Gasteiger partial charge in [0.25, 0.3) is 11.8 Å². The monoisotopic (exact) mass is 588 g/mol. The number of halogens is 1. The summed E-state index contributed by atoms with van der Waals surface area (Å²) in [5.74, 6) is -5.82. The Morgan fingerprint density at radius 3 is 2.26 bits per heavy atom. The molecule has 0 atom stereocenters. The van der Waals surface area contributed by atoms with Crippen molar-refractivity contribution in [2.45, 2.75) is 45.1 Å². The van der Waals surface area contributed by atoms with Crippen molar-refractivity contribution < 1.29 is 48.8 Å². The minimum atomic E-state index is -2.74. The third kappa shape index (κ3) is 7.79. The van der Waals surface area contributed by atoms with Crippen molar-refractivity contribution in [3.05, 3.63) is 52.1 Å². The zero-order valence-electron chi connectivity index (χ0n) is 23.1. The highest BCUT2D eigenvalue weighted by molar-refractivity contribution is 6.34. The second-order valence-electron chi connectivity index (χ2n) is 10.1. The lowest BCUT2D eigenvalue weighted by molar-refractivity contribution is -0.170. The maximum atomic E-state index is 13.7. The topological polar surface area (TPSA) is 209 Å². The number of nitrogens with zero attached hydrogens (tertiary/aromatic N) is 1. The number of carbonyl (C=O) groups is 5. The minimum absolute atomic E-state index is 0.123. The number of aromatic amines is 1. The number of hydrogen-bond donors (Lipinski definition) is 7. The number of aliphatic hydroxyl groups is 1. The van der Waals surface area contributed by atoms with Crippen molar-refractivity contribution in [2.75, 3.05) is 31.5 Å². The summed E-state index contributed by atoms with van der Waals surface area (Å²) in [6, 6.07) is 4.21. The molecule has 0 aliphatic carbocycles. The van der Waals surface area contributed by atoms with Crippen LogP contribution >= 0.6 is 0 Å². The summed E-state index contributed by atoms with van der Waals surface area (Å²) in [7, 11) is 0. The van der Waals surface area contributed by atoms with Crippen LogP contribution < -0.4 is 10.6 Å². The van der Waals surface area contributed by atoms with E-state index in [1.807, 2.05) is 13.8 Å². The largest absolute Gasteiger partial charge is 0.481 e. The van der Waals surface area contributed by atoms with E-state index >= 15 is 0 Å². The molecule has 14 heteroatoms. The number of nitrogens with one attached hydrogen (secondary N) is 3. The molecule has 0 saturated carbocycles. The van der Waals surface area contributed by atoms with E-state index < -0.39 is 42.2 Å². The Morgan fingerprint density at radius 1 is 1.07 bits per heavy atom. The Hall–Kier alpha value is -4.56. The van der Waals surface area contributed by atoms with Gasteiger partial charge in [0.2, 0.25) is 0 Å². The number of aromatic nitrogens is 1. The highest BCUT2D eigenvalue weighted by Gasteiger charge is 2.40. The van der Waals surface area contributed by atoms with Gasteiger partial charge in [-0.05, 0) is 69.6 Å². The summed E-state index contributed by atoms with van der Waals surface area (Å²) < 4.78 is 13.7. The van der Waals surface area contributed by atoms with Crippen molar-refractivity contribution in [2.24, 2.45) is 0 Å². The molecule has 0 radical (unpaired) electrons. The van der Waals surface area contributed by atoms with Gasteiger partial charge in [0.15, 0.2) is 5.60 Å². The summed E-state index contributed by atoms with van der Waals surface area (Å²) in [4.78, 5) is 61.1. The smallest absolute Gasteiger partial charge is 0.336 e. The standard InChI is InChI=1S/C22H25FN4O2.C6H8O7/c1-13-19(12-17-16-11-15(23)5-6-18(16)26-21(17)28)25-14(2)20(13)22(29)24-7-10-27-8-3-4-9-27;7-3(8)1-6(13,5(11)12)2-4(9)10/h5-6,11-12,25H,3-4,7-10H2,1-2H3,(H,24,29)(H,26,28);13H,1-2H2,(H,7,8)(H,9,10)(H,11,12)/b17-12-;. The van der Waals surface area contributed by atoms with Crippen LogP contribution in [0.2, 0.25) is 0 Å². The number of carbonyl (C=O) groups excluding carboxylic acids is 2. The highest BCUT2D eigenvalue weighted by atomic mass is 19.1. The summed E-state index contributed by atoms with van der Waals surface area (Å²) in [6.45, 7) is 7.35. The van der Waals surface area contributed by atoms with Crippen LogP contribution in [0.1, 0.15) is 58.6 Å². The van der Waals surface area contributed by atoms with E-state index in [1.165, 1.54) is 25.0 Å². The normalized spacial score (nSPS) is 15.5. The third-order valence-electron chi connectivity index (χ3n) is 6.95. The number of aryl methyl sites for hydroxylation is 1. The van der Waals surface area contributed by atoms with Crippen molar-refractivity contribution in [1.82, 2.24) is 15.2 Å². The maximum absolute atomic E-state index is 13.7. The predicted molar refractivity (Wildman–Crippen MR) is 148 cm³/mol. The lowest BCUT2D eigenvalue weighted by Crippen LogP contribution is -2.42. The SMILES string of the molecule is Cc1[nH]c(/C=C2\C(=O)Nc3ccc(F)cc32)c(C)c1C(=O)NCCN1CCCC1.O=C(O)CC(O)(CC(=O)O)C(=O)O. The van der Waals surface area contributed by atoms with Gasteiger partial charge in [0.05, 0.1) is 24.0 Å². The first-order valence-corrected chi connectivity index (χ1v) is 13.1. The molecule has 4 rings (SSSR count). The maximum Gasteiger partial charge on any atom is 0.336 e. The molecule has 0 bridgehead atoms. The molecule has 7 N–H and O–H groups in total. The molecule has 1 fully saturated rings. The van der Waals surface area contributed by atoms with E-state index in [2.05, 4.69) is 20.5 Å². The number of hydrogen-bond acceptors (Lipinski definition) is 7. The molecule has 0 spiro atoms. The first kappa shape index (κ1) is 32.0. The molecule has 1 aromatic heterocycles. The molecule has 2 aliphatic rings. The number of likely N-dealkylation sites (tertiary alicyclic amines) is 1. The third-order valence-corrected chi connectivity index (χ3v) is 6.95. The average Bonchev–Trinajstić information content (AvgIpc) is 3.57. The molecule has 226 valence electrons. The van der Waals surface area contributed by atoms with Gasteiger partial charge in [-0.3, -0.25) is 19.2 Å². The Balaban J connectivity index is 0.000000316. The van der Waals surface area contributed by atoms with Gasteiger partial charge >= 0.3 is 17.9 Å². The lowest BCUT2D eigenvalue weighted by Gasteiger charge is -2.18. The van der Waals surface area contributed by atoms with Crippen molar-refractivity contribution in [1.29, 1.82) is 0 Å². The second kappa shape index (κ2) is 13.4. The van der Waals surface area contributed by atoms with Crippen LogP contribution in [0, 0.1) is 19.7 Å². The second-order valence-corrected chi connectivity index (χ2v) is 10.1. The Kier molecular flexibility index (Phi) is 10.2. The highest BCUT2D eigenvalue weighted by Crippen LogP contribution is 2.34. The number of anilines is 1. The number of fused-ring (bicyclic) bond motifs is 1. The lowest BCUT2D eigenvalue weighted by atomic mass is 9.96. The zero-order chi connectivity index (χ0) is 31.2. The first-order chi connectivity index (χ1) is 19.7. The fourth-order valence-corrected chi connectivity index (χ4v) is 4.84. The molecular weight excluding hydrogens is 555 g/mol. The number of amides is 2. The van der Waals surface area contributed by atoms with Gasteiger partial charge in [-0.25, -0.2) is 9.18 Å². The van der Waals surface area contributed by atoms with Gasteiger partial charge in [0.1, 0.15) is 5.82 Å². The van der Waals surface area contributed by atoms with E-state index in [1.54, 1.807) is 12.1 Å². The summed E-state index contributed by atoms with van der Waals surface area (Å²) >= 11 is 0. The van der Waals surface area contributed by atoms with Crippen molar-refractivity contribution >= 4 is 47.1 Å². The van der Waals surface area contributed by atoms with Crippen LogP contribution in [0.5, 0.6) is 0 Å². The molecule has 2 aliphatic heterocycles. The van der Waals surface area contributed by atoms with Crippen molar-refractivity contribution in [3.8, 4) is 0 Å². The molecule has 2 amide bonds. The van der Waals surface area contributed by atoms with Crippen LogP contribution in [0.3, 0.4) is 0 Å². The molecular formula is C28H33FN4O9. The number of carboxylic acid groups (broad SMARTS) is 3. The molecule has 1 saturated heterocycles. The van der Waals surface area contributed by atoms with Gasteiger partial charge < -0.3 is 40.9 Å². The first-order valence-electron chi connectivity index (χ1n) is 13.1. The van der Waals surface area contributed by atoms with Crippen LogP contribution in [0.4, 0.5) is 10.1 Å². The zero-order valence-corrected chi connectivity index (χ0v) is 23.1. The fraction of sp³-hybridized carbons (Fsp3) is 0.393. The quantitative estimate of drug-likeness (QED) is 0.200. The Labute approximate surface area is 240 Å². The van der Waals surface area contributed by atoms with Crippen molar-refractivity contribution in [3.63, 3.8) is 0 Å². The Bertz CT molecular complexity index is 1410. The van der Waals surface area contributed by atoms with E-state index in [4.69, 9.17) is 20.4 Å². The molecule has 13 nitrogen and oxygen atoms in total. The van der Waals surface area contributed by atoms with E-state index in [0.717, 1.165) is 30.9 Å². The number of H-pyrrole nitrogens is 1. The number of carboxylic acids is 3. The van der Waals surface area contributed by atoms with E-state index in [9.17, 15) is 28.4 Å².